The van der Waals surface area contributed by atoms with Crippen molar-refractivity contribution in [3.8, 4) is 0 Å². The molecule has 164 valence electrons. The molecule has 33 heavy (non-hydrogen) atoms. The molecule has 2 aromatic heterocycles. The molecule has 0 spiro atoms. The number of aromatic nitrogens is 2. The number of thiazole rings is 1. The summed E-state index contributed by atoms with van der Waals surface area (Å²) in [5, 5.41) is 11.6. The fourth-order valence-corrected chi connectivity index (χ4v) is 4.95. The van der Waals surface area contributed by atoms with Crippen LogP contribution in [0.2, 0.25) is 10.0 Å². The van der Waals surface area contributed by atoms with E-state index in [2.05, 4.69) is 9.97 Å². The molecule has 0 bridgehead atoms. The number of anilines is 1. The molecule has 2 aromatic carbocycles. The molecule has 1 unspecified atom stereocenters. The van der Waals surface area contributed by atoms with Crippen LogP contribution in [-0.2, 0) is 9.59 Å². The van der Waals surface area contributed by atoms with E-state index in [4.69, 9.17) is 23.2 Å². The van der Waals surface area contributed by atoms with Crippen molar-refractivity contribution in [1.82, 2.24) is 9.97 Å². The zero-order valence-electron chi connectivity index (χ0n) is 16.5. The molecule has 1 N–H and O–H groups in total. The molecule has 6 nitrogen and oxygen atoms in total. The number of ketones is 1. The summed E-state index contributed by atoms with van der Waals surface area (Å²) in [6.07, 6.45) is 3.04. The quantitative estimate of drug-likeness (QED) is 0.220. The number of fused-ring (bicyclic) bond motifs is 1. The number of aliphatic hydroxyl groups excluding tert-OH is 1. The number of aliphatic hydroxyl groups is 1. The van der Waals surface area contributed by atoms with Crippen molar-refractivity contribution in [3.63, 3.8) is 0 Å². The number of carbonyl (C=O) groups is 2. The third kappa shape index (κ3) is 3.66. The summed E-state index contributed by atoms with van der Waals surface area (Å²) in [5.74, 6) is -2.69. The predicted octanol–water partition coefficient (Wildman–Crippen LogP) is 5.76. The molecule has 1 fully saturated rings. The molecule has 1 aliphatic rings. The van der Waals surface area contributed by atoms with E-state index >= 15 is 0 Å². The van der Waals surface area contributed by atoms with Crippen LogP contribution < -0.4 is 4.90 Å². The second-order valence-electron chi connectivity index (χ2n) is 7.19. The van der Waals surface area contributed by atoms with Crippen LogP contribution in [-0.4, -0.2) is 26.8 Å². The van der Waals surface area contributed by atoms with Gasteiger partial charge in [0, 0.05) is 23.0 Å². The van der Waals surface area contributed by atoms with Gasteiger partial charge < -0.3 is 5.11 Å². The lowest BCUT2D eigenvalue weighted by Gasteiger charge is -2.22. The van der Waals surface area contributed by atoms with Gasteiger partial charge in [-0.1, -0.05) is 34.5 Å². The van der Waals surface area contributed by atoms with E-state index in [0.29, 0.717) is 26.4 Å². The van der Waals surface area contributed by atoms with Crippen molar-refractivity contribution < 1.29 is 19.1 Å². The topological polar surface area (TPSA) is 83.4 Å². The van der Waals surface area contributed by atoms with Gasteiger partial charge in [0.05, 0.1) is 26.9 Å². The number of amides is 1. The molecule has 1 saturated heterocycles. The fourth-order valence-electron chi connectivity index (χ4n) is 3.67. The van der Waals surface area contributed by atoms with Crippen LogP contribution >= 0.6 is 34.5 Å². The minimum absolute atomic E-state index is 0.100. The van der Waals surface area contributed by atoms with Crippen molar-refractivity contribution in [3.05, 3.63) is 93.5 Å². The molecule has 0 radical (unpaired) electrons. The highest BCUT2D eigenvalue weighted by Gasteiger charge is 2.48. The lowest BCUT2D eigenvalue weighted by molar-refractivity contribution is -0.132. The Labute approximate surface area is 200 Å². The highest BCUT2D eigenvalue weighted by Crippen LogP contribution is 2.44. The molecule has 10 heteroatoms. The summed E-state index contributed by atoms with van der Waals surface area (Å²) in [7, 11) is 0. The number of hydrogen-bond donors (Lipinski definition) is 1. The van der Waals surface area contributed by atoms with Gasteiger partial charge in [-0.2, -0.15) is 0 Å². The van der Waals surface area contributed by atoms with Crippen LogP contribution in [0.15, 0.2) is 66.5 Å². The van der Waals surface area contributed by atoms with Crippen LogP contribution in [0.25, 0.3) is 16.0 Å². The van der Waals surface area contributed by atoms with Gasteiger partial charge in [-0.3, -0.25) is 19.5 Å². The summed E-state index contributed by atoms with van der Waals surface area (Å²) in [4.78, 5) is 35.9. The van der Waals surface area contributed by atoms with Crippen LogP contribution in [0.3, 0.4) is 0 Å². The monoisotopic (exact) mass is 499 g/mol. The van der Waals surface area contributed by atoms with Crippen LogP contribution in [0, 0.1) is 5.82 Å². The standard InChI is InChI=1S/C23H12Cl2FN3O3S/c24-13-3-1-12(2-4-13)20(30)18-19(11-5-7-27-8-6-11)29(22(32)21(18)31)23-28-16-9-14(25)15(26)10-17(16)33-23/h1-10,19,30H/b20-18+. The lowest BCUT2D eigenvalue weighted by Crippen LogP contribution is -2.29. The number of pyridine rings is 1. The van der Waals surface area contributed by atoms with Crippen molar-refractivity contribution >= 4 is 67.3 Å². The smallest absolute Gasteiger partial charge is 0.301 e. The molecule has 1 atom stereocenters. The number of benzene rings is 2. The highest BCUT2D eigenvalue weighted by atomic mass is 35.5. The summed E-state index contributed by atoms with van der Waals surface area (Å²) in [6, 6.07) is 11.1. The number of hydrogen-bond acceptors (Lipinski definition) is 6. The number of halogens is 3. The third-order valence-electron chi connectivity index (χ3n) is 5.21. The molecule has 4 aromatic rings. The predicted molar refractivity (Wildman–Crippen MR) is 125 cm³/mol. The van der Waals surface area contributed by atoms with E-state index in [0.717, 1.165) is 11.3 Å². The van der Waals surface area contributed by atoms with Gasteiger partial charge in [0.1, 0.15) is 11.6 Å². The first-order valence-electron chi connectivity index (χ1n) is 9.57. The minimum atomic E-state index is -0.968. The zero-order chi connectivity index (χ0) is 23.3. The van der Waals surface area contributed by atoms with Gasteiger partial charge in [0.2, 0.25) is 0 Å². The van der Waals surface area contributed by atoms with Gasteiger partial charge in [-0.05, 0) is 54.1 Å². The molecule has 0 saturated carbocycles. The Hall–Kier alpha value is -3.33. The fraction of sp³-hybridized carbons (Fsp3) is 0.0435. The average molecular weight is 500 g/mol. The molecule has 5 rings (SSSR count). The average Bonchev–Trinajstić information content (AvgIpc) is 3.32. The van der Waals surface area contributed by atoms with Crippen molar-refractivity contribution in [2.24, 2.45) is 0 Å². The van der Waals surface area contributed by atoms with Crippen LogP contribution in [0.4, 0.5) is 9.52 Å². The van der Waals surface area contributed by atoms with E-state index in [-0.39, 0.29) is 21.5 Å². The maximum atomic E-state index is 14.0. The van der Waals surface area contributed by atoms with Crippen molar-refractivity contribution in [2.45, 2.75) is 6.04 Å². The zero-order valence-corrected chi connectivity index (χ0v) is 18.8. The molecule has 0 aliphatic carbocycles. The number of nitrogens with zero attached hydrogens (tertiary/aromatic N) is 3. The first-order valence-corrected chi connectivity index (χ1v) is 11.1. The molecule has 1 amide bonds. The first-order chi connectivity index (χ1) is 15.8. The Morgan fingerprint density at radius 3 is 2.45 bits per heavy atom. The minimum Gasteiger partial charge on any atom is -0.507 e. The largest absolute Gasteiger partial charge is 0.507 e. The third-order valence-corrected chi connectivity index (χ3v) is 6.77. The molecular weight excluding hydrogens is 488 g/mol. The van der Waals surface area contributed by atoms with Gasteiger partial charge in [-0.25, -0.2) is 9.37 Å². The molecule has 3 heterocycles. The second-order valence-corrected chi connectivity index (χ2v) is 9.04. The molecule has 1 aliphatic heterocycles. The van der Waals surface area contributed by atoms with Gasteiger partial charge >= 0.3 is 5.91 Å². The van der Waals surface area contributed by atoms with Crippen molar-refractivity contribution in [1.29, 1.82) is 0 Å². The Balaban J connectivity index is 1.72. The number of rotatable bonds is 3. The Morgan fingerprint density at radius 1 is 1.06 bits per heavy atom. The lowest BCUT2D eigenvalue weighted by atomic mass is 9.96. The van der Waals surface area contributed by atoms with E-state index in [1.807, 2.05) is 0 Å². The Bertz CT molecular complexity index is 1420. The summed E-state index contributed by atoms with van der Waals surface area (Å²) >= 11 is 12.9. The van der Waals surface area contributed by atoms with E-state index in [9.17, 15) is 19.1 Å². The Kier molecular flexibility index (Phi) is 5.36. The highest BCUT2D eigenvalue weighted by molar-refractivity contribution is 7.22. The van der Waals surface area contributed by atoms with Crippen LogP contribution in [0.1, 0.15) is 17.2 Å². The number of carbonyl (C=O) groups excluding carboxylic acids is 2. The normalized spacial score (nSPS) is 17.8. The van der Waals surface area contributed by atoms with E-state index < -0.39 is 23.5 Å². The maximum Gasteiger partial charge on any atom is 0.301 e. The van der Waals surface area contributed by atoms with E-state index in [1.165, 1.54) is 29.4 Å². The van der Waals surface area contributed by atoms with Gasteiger partial charge in [0.25, 0.3) is 5.78 Å². The maximum absolute atomic E-state index is 14.0. The van der Waals surface area contributed by atoms with E-state index in [1.54, 1.807) is 36.4 Å². The summed E-state index contributed by atoms with van der Waals surface area (Å²) in [6.45, 7) is 0. The number of Topliss-reactive ketones (excluding diaryl/α,β-unsaturated/α-hetero) is 1. The summed E-state index contributed by atoms with van der Waals surface area (Å²) < 4.78 is 14.4. The van der Waals surface area contributed by atoms with Crippen LogP contribution in [0.5, 0.6) is 0 Å². The Morgan fingerprint density at radius 2 is 1.76 bits per heavy atom. The van der Waals surface area contributed by atoms with Crippen molar-refractivity contribution in [2.75, 3.05) is 4.90 Å². The van der Waals surface area contributed by atoms with Gasteiger partial charge in [0.15, 0.2) is 5.13 Å². The molecular formula is C23H12Cl2FN3O3S. The van der Waals surface area contributed by atoms with Gasteiger partial charge in [-0.15, -0.1) is 0 Å². The first kappa shape index (κ1) is 21.5. The summed E-state index contributed by atoms with van der Waals surface area (Å²) in [5.41, 5.74) is 1.16. The second kappa shape index (κ2) is 8.22. The SMILES string of the molecule is O=C1C(=O)N(c2nc3cc(Cl)c(F)cc3s2)C(c2ccncc2)/C1=C(\O)c1ccc(Cl)cc1.